The zero-order chi connectivity index (χ0) is 38.8. The molecule has 8 heterocycles. The first-order valence-corrected chi connectivity index (χ1v) is 19.8. The number of aliphatic hydroxyl groups is 1. The van der Waals surface area contributed by atoms with Crippen LogP contribution in [0.2, 0.25) is 0 Å². The summed E-state index contributed by atoms with van der Waals surface area (Å²) in [4.78, 5) is 35.8. The number of rotatable bonds is 3. The third kappa shape index (κ3) is 4.72. The van der Waals surface area contributed by atoms with E-state index in [-0.39, 0.29) is 30.7 Å². The van der Waals surface area contributed by atoms with Gasteiger partial charge in [0, 0.05) is 51.5 Å². The number of nitrogens with zero attached hydrogens (tertiary/aromatic N) is 2. The first-order chi connectivity index (χ1) is 27.1. The number of phenolic OH excluding ortho intramolecular Hbond substituents is 1. The maximum absolute atomic E-state index is 14.8. The number of carbonyl (C=O) groups is 2. The molecule has 2 fully saturated rings. The number of piperazine rings is 1. The number of esters is 1. The number of benzene rings is 3. The lowest BCUT2D eigenvalue weighted by molar-refractivity contribution is -0.186. The number of aliphatic hydroxyl groups excluding tert-OH is 1. The van der Waals surface area contributed by atoms with Crippen LogP contribution in [0.15, 0.2) is 43.2 Å². The number of nitrogens with one attached hydrogen (secondary N) is 2. The number of phenols is 1. The molecule has 0 saturated carbocycles. The van der Waals surface area contributed by atoms with Crippen molar-refractivity contribution >= 4 is 34.8 Å². The largest absolute Gasteiger partial charge is 0.518 e. The number of para-hydroxylation sites is 1. The van der Waals surface area contributed by atoms with Crippen LogP contribution in [0.3, 0.4) is 0 Å². The molecule has 7 aliphatic rings. The van der Waals surface area contributed by atoms with Crippen LogP contribution in [-0.2, 0) is 32.6 Å². The van der Waals surface area contributed by atoms with Crippen LogP contribution in [-0.4, -0.2) is 95.3 Å². The Morgan fingerprint density at radius 1 is 1.12 bits per heavy atom. The number of carbonyl (C=O) groups excluding carboxylic acids is 2. The molecule has 11 rings (SSSR count). The summed E-state index contributed by atoms with van der Waals surface area (Å²) in [5.41, 5.74) is 5.62. The highest BCUT2D eigenvalue weighted by Gasteiger charge is 2.61. The maximum Gasteiger partial charge on any atom is 0.518 e. The van der Waals surface area contributed by atoms with Crippen molar-refractivity contribution in [1.29, 1.82) is 0 Å². The topological polar surface area (TPSA) is 164 Å². The standard InChI is InChI=1S/C41H42N4O10S/c1-6-51-40(49)55-33-19(3)34-35(54-17-53-34)27-25-15-52-39(48)41(37-22(11-12-42-41)21-9-7-8-10-23(21)43-37)16-56-36(28(27)33)30-29-26-20(13-18(2)32(50-5)31(26)46)14-24(44(29)4)38(47)45(25)30/h6-10,13,24-25,29-30,36,38,42-43,46-47H,1,11-12,14-17H2,2-5H3/t24-,25+,29+,30?,36-,38+,41-/m1/s1. The van der Waals surface area contributed by atoms with Gasteiger partial charge in [-0.25, -0.2) is 9.59 Å². The molecule has 1 aromatic heterocycles. The van der Waals surface area contributed by atoms with E-state index >= 15 is 0 Å². The van der Waals surface area contributed by atoms with Gasteiger partial charge < -0.3 is 43.6 Å². The van der Waals surface area contributed by atoms with Crippen LogP contribution in [0.4, 0.5) is 4.79 Å². The van der Waals surface area contributed by atoms with Crippen molar-refractivity contribution in [3.05, 3.63) is 87.8 Å². The van der Waals surface area contributed by atoms with Gasteiger partial charge in [-0.2, -0.15) is 0 Å². The summed E-state index contributed by atoms with van der Waals surface area (Å²) in [5, 5.41) is 28.7. The quantitative estimate of drug-likeness (QED) is 0.126. The second-order valence-corrected chi connectivity index (χ2v) is 16.4. The molecular formula is C41H42N4O10S. The zero-order valence-electron chi connectivity index (χ0n) is 31.3. The van der Waals surface area contributed by atoms with Crippen molar-refractivity contribution in [2.45, 2.75) is 67.9 Å². The van der Waals surface area contributed by atoms with Gasteiger partial charge in [0.2, 0.25) is 6.79 Å². The van der Waals surface area contributed by atoms with E-state index < -0.39 is 53.3 Å². The number of fused-ring (bicyclic) bond motifs is 11. The number of methoxy groups -OCH3 is 1. The predicted molar refractivity (Wildman–Crippen MR) is 204 cm³/mol. The van der Waals surface area contributed by atoms with Crippen LogP contribution in [0.1, 0.15) is 62.0 Å². The van der Waals surface area contributed by atoms with Crippen LogP contribution in [0.25, 0.3) is 10.9 Å². The van der Waals surface area contributed by atoms with E-state index in [1.807, 2.05) is 43.1 Å². The Bertz CT molecular complexity index is 2360. The van der Waals surface area contributed by atoms with Crippen molar-refractivity contribution in [2.24, 2.45) is 0 Å². The summed E-state index contributed by atoms with van der Waals surface area (Å²) in [7, 11) is 3.51. The van der Waals surface area contributed by atoms with Crippen LogP contribution in [0, 0.1) is 13.8 Å². The molecule has 0 radical (unpaired) electrons. The third-order valence-corrected chi connectivity index (χ3v) is 14.2. The fourth-order valence-corrected chi connectivity index (χ4v) is 12.1. The number of aromatic amines is 1. The summed E-state index contributed by atoms with van der Waals surface area (Å²) in [6, 6.07) is 7.80. The van der Waals surface area contributed by atoms with Crippen molar-refractivity contribution in [3.8, 4) is 28.7 Å². The second-order valence-electron chi connectivity index (χ2n) is 15.3. The average molecular weight is 783 g/mol. The van der Waals surface area contributed by atoms with Gasteiger partial charge >= 0.3 is 12.1 Å². The van der Waals surface area contributed by atoms with E-state index in [0.717, 1.165) is 39.5 Å². The Balaban J connectivity index is 1.24. The summed E-state index contributed by atoms with van der Waals surface area (Å²) in [5.74, 6) is 1.23. The van der Waals surface area contributed by atoms with Crippen LogP contribution in [0.5, 0.6) is 28.7 Å². The second kappa shape index (κ2) is 12.8. The molecule has 4 bridgehead atoms. The summed E-state index contributed by atoms with van der Waals surface area (Å²) in [6.07, 6.45) is 0.140. The number of ether oxygens (including phenoxy) is 6. The number of thioether (sulfide) groups is 1. The first-order valence-electron chi connectivity index (χ1n) is 18.8. The number of H-pyrrole nitrogens is 1. The molecule has 7 atom stereocenters. The molecule has 292 valence electrons. The Kier molecular flexibility index (Phi) is 8.11. The molecule has 15 heteroatoms. The molecule has 7 aliphatic heterocycles. The van der Waals surface area contributed by atoms with E-state index in [1.54, 1.807) is 14.0 Å². The van der Waals surface area contributed by atoms with E-state index in [4.69, 9.17) is 28.4 Å². The Morgan fingerprint density at radius 2 is 1.93 bits per heavy atom. The minimum absolute atomic E-state index is 0.0415. The normalized spacial score (nSPS) is 28.8. The van der Waals surface area contributed by atoms with E-state index in [9.17, 15) is 19.8 Å². The fourth-order valence-electron chi connectivity index (χ4n) is 10.4. The molecule has 4 aromatic rings. The Hall–Kier alpha value is -4.93. The van der Waals surface area contributed by atoms with Gasteiger partial charge in [-0.3, -0.25) is 15.1 Å². The Labute approximate surface area is 326 Å². The molecule has 0 aliphatic carbocycles. The molecule has 0 amide bonds. The van der Waals surface area contributed by atoms with Gasteiger partial charge in [-0.05, 0) is 56.5 Å². The lowest BCUT2D eigenvalue weighted by Gasteiger charge is -2.62. The van der Waals surface area contributed by atoms with E-state index in [0.29, 0.717) is 58.9 Å². The first kappa shape index (κ1) is 35.5. The highest BCUT2D eigenvalue weighted by molar-refractivity contribution is 7.99. The van der Waals surface area contributed by atoms with Crippen molar-refractivity contribution in [1.82, 2.24) is 20.1 Å². The van der Waals surface area contributed by atoms with Crippen molar-refractivity contribution in [3.63, 3.8) is 0 Å². The van der Waals surface area contributed by atoms with E-state index in [2.05, 4.69) is 27.8 Å². The van der Waals surface area contributed by atoms with Gasteiger partial charge in [0.05, 0.1) is 42.4 Å². The number of hydrogen-bond acceptors (Lipinski definition) is 14. The van der Waals surface area contributed by atoms with Gasteiger partial charge in [0.1, 0.15) is 18.6 Å². The molecule has 14 nitrogen and oxygen atoms in total. The van der Waals surface area contributed by atoms with Gasteiger partial charge in [-0.15, -0.1) is 11.8 Å². The summed E-state index contributed by atoms with van der Waals surface area (Å²) >= 11 is 1.50. The lowest BCUT2D eigenvalue weighted by atomic mass is 9.73. The SMILES string of the molecule is C=COC(=O)Oc1c(C)c2c(c3c1[C@H]1SC[C@]4(NCCc5c4[nH]c4ccccc54)C(=O)OC[C@@H]3N3C1[C@@H]1c4c(cc(C)c(OC)c4O)C[C@H]([C@@H]3O)N1C)OCO2. The number of aromatic hydroxyl groups is 1. The highest BCUT2D eigenvalue weighted by Crippen LogP contribution is 2.64. The number of aryl methyl sites for hydroxylation is 1. The highest BCUT2D eigenvalue weighted by atomic mass is 32.2. The van der Waals surface area contributed by atoms with Crippen LogP contribution >= 0.6 is 11.8 Å². The molecule has 1 unspecified atom stereocenters. The summed E-state index contributed by atoms with van der Waals surface area (Å²) in [6.45, 7) is 7.52. The van der Waals surface area contributed by atoms with Crippen molar-refractivity contribution < 1.29 is 48.2 Å². The van der Waals surface area contributed by atoms with Crippen molar-refractivity contribution in [2.75, 3.05) is 39.9 Å². The van der Waals surface area contributed by atoms with E-state index in [1.165, 1.54) is 11.8 Å². The number of aromatic nitrogens is 1. The predicted octanol–water partition coefficient (Wildman–Crippen LogP) is 4.91. The number of hydrogen-bond donors (Lipinski definition) is 4. The van der Waals surface area contributed by atoms with Gasteiger partial charge in [-0.1, -0.05) is 30.8 Å². The monoisotopic (exact) mass is 782 g/mol. The molecule has 3 aromatic carbocycles. The lowest BCUT2D eigenvalue weighted by Crippen LogP contribution is -2.70. The van der Waals surface area contributed by atoms with Gasteiger partial charge in [0.25, 0.3) is 0 Å². The minimum atomic E-state index is -1.28. The maximum atomic E-state index is 14.8. The fraction of sp³-hybridized carbons (Fsp3) is 0.415. The zero-order valence-corrected chi connectivity index (χ0v) is 32.2. The molecule has 2 saturated heterocycles. The molecule has 56 heavy (non-hydrogen) atoms. The average Bonchev–Trinajstić information content (AvgIpc) is 3.83. The minimum Gasteiger partial charge on any atom is -0.504 e. The smallest absolute Gasteiger partial charge is 0.504 e. The molecular weight excluding hydrogens is 741 g/mol. The van der Waals surface area contributed by atoms with Gasteiger partial charge in [0.15, 0.2) is 28.5 Å². The molecule has 4 N–H and O–H groups in total. The Morgan fingerprint density at radius 3 is 2.73 bits per heavy atom. The summed E-state index contributed by atoms with van der Waals surface area (Å²) < 4.78 is 35.7. The third-order valence-electron chi connectivity index (χ3n) is 12.7. The number of likely N-dealkylation sites (N-methyl/N-ethyl adjacent to an activating group) is 1. The molecule has 1 spiro atoms. The van der Waals surface area contributed by atoms with Crippen LogP contribution < -0.4 is 24.3 Å².